The van der Waals surface area contributed by atoms with Crippen LogP contribution < -0.4 is 104 Å². The fourth-order valence-electron chi connectivity index (χ4n) is 3.51. The van der Waals surface area contributed by atoms with Crippen molar-refractivity contribution in [1.82, 2.24) is 0 Å². The Morgan fingerprint density at radius 3 is 2.17 bits per heavy atom. The number of amides is 1. The number of aromatic hydroxyl groups is 1. The third kappa shape index (κ3) is 12.5. The average molecular weight is 750 g/mol. The van der Waals surface area contributed by atoms with Gasteiger partial charge in [-0.2, -0.15) is 4.33 Å². The van der Waals surface area contributed by atoms with Crippen LogP contribution >= 0.6 is 12.0 Å². The number of phenols is 1. The van der Waals surface area contributed by atoms with E-state index in [-0.39, 0.29) is 134 Å². The summed E-state index contributed by atoms with van der Waals surface area (Å²) in [6, 6.07) is 6.04. The maximum absolute atomic E-state index is 12.6. The van der Waals surface area contributed by atoms with Crippen molar-refractivity contribution in [2.45, 2.75) is 21.6 Å². The topological polar surface area (TPSA) is 283 Å². The minimum absolute atomic E-state index is 0. The molecule has 46 heavy (non-hydrogen) atoms. The van der Waals surface area contributed by atoms with E-state index in [2.05, 4.69) is 29.1 Å². The first-order valence-electron chi connectivity index (χ1n) is 11.1. The number of phenolic OH excluding ortho intramolecular Hbond substituents is 1. The minimum Gasteiger partial charge on any atom is -0.744 e. The molecule has 0 saturated heterocycles. The van der Waals surface area contributed by atoms with Crippen LogP contribution in [0.2, 0.25) is 0 Å². The first-order chi connectivity index (χ1) is 20.0. The number of rotatable bonds is 13. The van der Waals surface area contributed by atoms with E-state index in [0.717, 1.165) is 37.3 Å². The Kier molecular flexibility index (Phi) is 18.9. The minimum atomic E-state index is -5.14. The zero-order valence-corrected chi connectivity index (χ0v) is 33.8. The number of hydrogen-bond donors (Lipinski definition) is 2. The molecule has 18 nitrogen and oxygen atoms in total. The van der Waals surface area contributed by atoms with Crippen LogP contribution in [0.1, 0.15) is 6.92 Å². The van der Waals surface area contributed by atoms with Gasteiger partial charge in [0.25, 0.3) is 0 Å². The van der Waals surface area contributed by atoms with Gasteiger partial charge in [0.2, 0.25) is 16.3 Å². The van der Waals surface area contributed by atoms with Crippen molar-refractivity contribution >= 4 is 76.1 Å². The largest absolute Gasteiger partial charge is 1.00 e. The van der Waals surface area contributed by atoms with E-state index in [1.54, 1.807) is 0 Å². The van der Waals surface area contributed by atoms with Crippen LogP contribution in [0.25, 0.3) is 10.8 Å². The van der Waals surface area contributed by atoms with Gasteiger partial charge in [-0.05, 0) is 41.8 Å². The molecule has 1 amide bonds. The smallest absolute Gasteiger partial charge is 0.744 e. The number of benzene rings is 3. The summed E-state index contributed by atoms with van der Waals surface area (Å²) in [4.78, 5) is 10.4. The summed E-state index contributed by atoms with van der Waals surface area (Å²) >= 11 is 0.194. The van der Waals surface area contributed by atoms with Crippen molar-refractivity contribution in [1.29, 1.82) is 0 Å². The molecule has 2 N–H and O–H groups in total. The molecule has 0 atom stereocenters. The molecule has 0 bridgehead atoms. The van der Waals surface area contributed by atoms with Gasteiger partial charge < -0.3 is 29.5 Å². The van der Waals surface area contributed by atoms with E-state index in [1.165, 1.54) is 13.2 Å². The number of nitrogens with zero attached hydrogens (tertiary/aromatic N) is 2. The van der Waals surface area contributed by atoms with Crippen molar-refractivity contribution in [2.75, 3.05) is 24.8 Å². The van der Waals surface area contributed by atoms with Gasteiger partial charge in [-0.3, -0.25) is 14.0 Å². The quantitative estimate of drug-likeness (QED) is 0.0312. The first kappa shape index (κ1) is 45.6. The van der Waals surface area contributed by atoms with E-state index in [0.29, 0.717) is 0 Å². The molecule has 234 valence electrons. The van der Waals surface area contributed by atoms with Crippen molar-refractivity contribution in [3.05, 3.63) is 36.4 Å². The molecule has 0 aliphatic heterocycles. The Labute approximate surface area is 333 Å². The molecule has 0 unspecified atom stereocenters. The van der Waals surface area contributed by atoms with Crippen LogP contribution in [-0.4, -0.2) is 64.8 Å². The van der Waals surface area contributed by atoms with Gasteiger partial charge in [-0.15, -0.1) is 10.2 Å². The van der Waals surface area contributed by atoms with Crippen molar-refractivity contribution in [3.8, 4) is 11.5 Å². The number of azo groups is 1. The molecule has 0 aliphatic rings. The Morgan fingerprint density at radius 2 is 1.63 bits per heavy atom. The predicted octanol–water partition coefficient (Wildman–Crippen LogP) is -7.68. The van der Waals surface area contributed by atoms with Gasteiger partial charge in [0.15, 0.2) is 15.6 Å². The van der Waals surface area contributed by atoms with Gasteiger partial charge in [-0.1, -0.05) is 0 Å². The molecule has 25 heteroatoms. The summed E-state index contributed by atoms with van der Waals surface area (Å²) in [5.41, 5.74) is -1.01. The maximum Gasteiger partial charge on any atom is 1.00 e. The van der Waals surface area contributed by atoms with Gasteiger partial charge in [0.1, 0.15) is 27.2 Å². The number of sulfone groups is 1. The molecule has 0 spiro atoms. The van der Waals surface area contributed by atoms with Gasteiger partial charge in [0, 0.05) is 12.3 Å². The van der Waals surface area contributed by atoms with E-state index in [4.69, 9.17) is 4.74 Å². The molecular formula is C21H18N3Na3O15S4. The predicted molar refractivity (Wildman–Crippen MR) is 141 cm³/mol. The first-order valence-corrected chi connectivity index (χ1v) is 16.2. The number of nitrogens with one attached hydrogen (secondary N) is 1. The number of carbonyl (C=O) groups is 1. The summed E-state index contributed by atoms with van der Waals surface area (Å²) in [5, 5.41) is 34.7. The molecule has 0 aliphatic carbocycles. The third-order valence-electron chi connectivity index (χ3n) is 5.22. The zero-order chi connectivity index (χ0) is 32.2. The number of methoxy groups -OCH3 is 1. The molecule has 3 aromatic rings. The molecule has 0 saturated carbocycles. The summed E-state index contributed by atoms with van der Waals surface area (Å²) in [6.07, 6.45) is 0. The number of hydrogen-bond acceptors (Lipinski definition) is 18. The Balaban J connectivity index is 0.00000675. The fourth-order valence-corrected chi connectivity index (χ4v) is 6.04. The third-order valence-corrected chi connectivity index (χ3v) is 8.78. The van der Waals surface area contributed by atoms with E-state index < -0.39 is 69.8 Å². The fraction of sp³-hybridized carbons (Fsp3) is 0.190. The SMILES string of the molecule is COc1ccc(S(=O)(=O)CCOS(=O)(=O)[O-])cc1N=Nc1c(SOO[O-])cc2cc(S(=O)(=O)[O-])cc(NC(C)=O)c2c1O.[Na+].[Na+].[Na+]. The van der Waals surface area contributed by atoms with Gasteiger partial charge in [0.05, 0.1) is 51.9 Å². The molecule has 0 aromatic heterocycles. The summed E-state index contributed by atoms with van der Waals surface area (Å²) in [6.45, 7) is 0.112. The Hall–Kier alpha value is -0.450. The zero-order valence-electron chi connectivity index (χ0n) is 24.6. The van der Waals surface area contributed by atoms with Crippen LogP contribution in [0, 0.1) is 0 Å². The molecule has 0 radical (unpaired) electrons. The maximum atomic E-state index is 12.6. The van der Waals surface area contributed by atoms with E-state index in [1.807, 2.05) is 0 Å². The summed E-state index contributed by atoms with van der Waals surface area (Å²) < 4.78 is 106. The number of ether oxygens (including phenoxy) is 1. The van der Waals surface area contributed by atoms with Crippen molar-refractivity contribution in [2.24, 2.45) is 10.2 Å². The van der Waals surface area contributed by atoms with E-state index in [9.17, 15) is 49.5 Å². The molecule has 0 heterocycles. The second-order valence-electron chi connectivity index (χ2n) is 8.08. The van der Waals surface area contributed by atoms with Crippen LogP contribution in [0.15, 0.2) is 61.3 Å². The van der Waals surface area contributed by atoms with Gasteiger partial charge in [-0.25, -0.2) is 25.3 Å². The summed E-state index contributed by atoms with van der Waals surface area (Å²) in [5.74, 6) is -2.38. The van der Waals surface area contributed by atoms with Crippen LogP contribution in [0.5, 0.6) is 11.5 Å². The van der Waals surface area contributed by atoms with Crippen molar-refractivity contribution < 1.29 is 156 Å². The van der Waals surface area contributed by atoms with Gasteiger partial charge >= 0.3 is 88.7 Å². The number of fused-ring (bicyclic) bond motifs is 1. The van der Waals surface area contributed by atoms with Crippen molar-refractivity contribution in [3.63, 3.8) is 0 Å². The van der Waals surface area contributed by atoms with E-state index >= 15 is 0 Å². The van der Waals surface area contributed by atoms with Crippen LogP contribution in [-0.2, 0) is 48.7 Å². The molecular weight excluding hydrogens is 731 g/mol. The standard InChI is InChI=1S/C21H21N3O15S4.3Na/c1-11(25)22-16-10-14(42(30,31)32)7-12-8-18(40-39-38-27)20(21(26)19(12)16)24-23-15-9-13(3-4-17(15)36-2)41(28,29)6-5-37-43(33,34)35;;;/h3-4,7-10,26-27H,5-6H2,1-2H3,(H,22,25)(H,30,31,32)(H,33,34,35);;;/q;3*+1/p-3. The second-order valence-corrected chi connectivity index (χ2v) is 13.4. The molecule has 3 aromatic carbocycles. The monoisotopic (exact) mass is 749 g/mol. The molecule has 3 rings (SSSR count). The second kappa shape index (κ2) is 19.1. The summed E-state index contributed by atoms with van der Waals surface area (Å²) in [7, 11) is -13.2. The van der Waals surface area contributed by atoms with Crippen LogP contribution in [0.4, 0.5) is 17.1 Å². The van der Waals surface area contributed by atoms with Crippen LogP contribution in [0.3, 0.4) is 0 Å². The number of carbonyl (C=O) groups excluding carboxylic acids is 1. The Bertz CT molecular complexity index is 1930. The normalized spacial score (nSPS) is 11.8. The molecule has 0 fully saturated rings. The Morgan fingerprint density at radius 1 is 0.978 bits per heavy atom. The number of anilines is 1. The average Bonchev–Trinajstić information content (AvgIpc) is 2.89.